The van der Waals surface area contributed by atoms with Crippen LogP contribution < -0.4 is 0 Å². The first-order valence-electron chi connectivity index (χ1n) is 7.61. The second-order valence-electron chi connectivity index (χ2n) is 6.45. The van der Waals surface area contributed by atoms with E-state index in [-0.39, 0.29) is 5.97 Å². The minimum atomic E-state index is -1.24. The van der Waals surface area contributed by atoms with Crippen molar-refractivity contribution < 1.29 is 9.53 Å². The van der Waals surface area contributed by atoms with Crippen molar-refractivity contribution in [3.8, 4) is 0 Å². The molecule has 0 aromatic rings. The van der Waals surface area contributed by atoms with Crippen LogP contribution in [0.1, 0.15) is 64.7 Å². The first-order valence-corrected chi connectivity index (χ1v) is 11.3. The van der Waals surface area contributed by atoms with E-state index in [1.54, 1.807) is 0 Å². The monoisotopic (exact) mass is 272 g/mol. The molecule has 0 aliphatic carbocycles. The Morgan fingerprint density at radius 1 is 0.889 bits per heavy atom. The lowest BCUT2D eigenvalue weighted by molar-refractivity contribution is -0.142. The highest BCUT2D eigenvalue weighted by atomic mass is 28.3. The molecule has 108 valence electrons. The number of esters is 1. The van der Waals surface area contributed by atoms with Crippen molar-refractivity contribution >= 4 is 14.0 Å². The van der Waals surface area contributed by atoms with E-state index in [1.807, 2.05) is 0 Å². The van der Waals surface area contributed by atoms with E-state index in [4.69, 9.17) is 4.74 Å². The van der Waals surface area contributed by atoms with Crippen LogP contribution in [-0.2, 0) is 9.53 Å². The summed E-state index contributed by atoms with van der Waals surface area (Å²) in [6.45, 7) is 8.90. The van der Waals surface area contributed by atoms with Gasteiger partial charge in [0, 0.05) is 6.42 Å². The largest absolute Gasteiger partial charge is 0.469 e. The number of ether oxygens (including phenoxy) is 1. The molecular formula is C15H32O2Si. The highest BCUT2D eigenvalue weighted by Gasteiger charge is 2.15. The summed E-state index contributed by atoms with van der Waals surface area (Å²) >= 11 is 0. The van der Waals surface area contributed by atoms with Crippen LogP contribution in [0.15, 0.2) is 0 Å². The zero-order chi connectivity index (χ0) is 13.9. The second kappa shape index (κ2) is 10.6. The topological polar surface area (TPSA) is 26.3 Å². The quantitative estimate of drug-likeness (QED) is 0.302. The van der Waals surface area contributed by atoms with Gasteiger partial charge in [-0.05, 0) is 6.42 Å². The van der Waals surface area contributed by atoms with Gasteiger partial charge in [0.25, 0.3) is 0 Å². The molecule has 3 heteroatoms. The fourth-order valence-corrected chi connectivity index (χ4v) is 2.37. The van der Waals surface area contributed by atoms with E-state index in [9.17, 15) is 4.79 Å². The summed E-state index contributed by atoms with van der Waals surface area (Å²) < 4.78 is 5.29. The van der Waals surface area contributed by atoms with Crippen molar-refractivity contribution in [1.29, 1.82) is 0 Å². The fraction of sp³-hybridized carbons (Fsp3) is 0.933. The van der Waals surface area contributed by atoms with Gasteiger partial charge in [0.2, 0.25) is 0 Å². The molecule has 0 aliphatic heterocycles. The van der Waals surface area contributed by atoms with Gasteiger partial charge in [0.05, 0.1) is 14.3 Å². The molecule has 0 heterocycles. The van der Waals surface area contributed by atoms with Crippen LogP contribution in [0.25, 0.3) is 0 Å². The van der Waals surface area contributed by atoms with Gasteiger partial charge in [0.15, 0.2) is 0 Å². The molecule has 0 amide bonds. The molecule has 0 radical (unpaired) electrons. The molecule has 0 saturated carbocycles. The molecule has 0 bridgehead atoms. The summed E-state index contributed by atoms with van der Waals surface area (Å²) in [6.07, 6.45) is 11.4. The summed E-state index contributed by atoms with van der Waals surface area (Å²) in [5, 5.41) is 0. The molecule has 0 fully saturated rings. The van der Waals surface area contributed by atoms with E-state index in [2.05, 4.69) is 26.6 Å². The number of carbonyl (C=O) groups is 1. The Kier molecular flexibility index (Phi) is 10.4. The average molecular weight is 273 g/mol. The van der Waals surface area contributed by atoms with E-state index in [1.165, 1.54) is 44.9 Å². The van der Waals surface area contributed by atoms with Gasteiger partial charge in [0.1, 0.15) is 0 Å². The summed E-state index contributed by atoms with van der Waals surface area (Å²) in [4.78, 5) is 11.5. The van der Waals surface area contributed by atoms with Gasteiger partial charge in [-0.3, -0.25) is 4.79 Å². The van der Waals surface area contributed by atoms with Crippen LogP contribution in [0.2, 0.25) is 19.6 Å². The van der Waals surface area contributed by atoms with E-state index in [0.717, 1.165) is 6.42 Å². The van der Waals surface area contributed by atoms with Crippen LogP contribution in [-0.4, -0.2) is 20.3 Å². The lowest BCUT2D eigenvalue weighted by atomic mass is 10.1. The molecule has 0 saturated heterocycles. The zero-order valence-electron chi connectivity index (χ0n) is 12.9. The number of hydrogen-bond donors (Lipinski definition) is 0. The lowest BCUT2D eigenvalue weighted by Gasteiger charge is -2.15. The Morgan fingerprint density at radius 3 is 1.89 bits per heavy atom. The van der Waals surface area contributed by atoms with Crippen LogP contribution in [0.4, 0.5) is 0 Å². The number of hydrogen-bond acceptors (Lipinski definition) is 2. The maximum atomic E-state index is 11.5. The third kappa shape index (κ3) is 13.8. The SMILES string of the molecule is CCCCCCCCCCC(=O)OC[Si](C)(C)C. The predicted molar refractivity (Wildman–Crippen MR) is 81.5 cm³/mol. The van der Waals surface area contributed by atoms with Crippen molar-refractivity contribution in [2.45, 2.75) is 84.4 Å². The average Bonchev–Trinajstić information content (AvgIpc) is 2.29. The van der Waals surface area contributed by atoms with Gasteiger partial charge >= 0.3 is 5.97 Å². The van der Waals surface area contributed by atoms with Gasteiger partial charge in [-0.25, -0.2) is 0 Å². The molecule has 2 nitrogen and oxygen atoms in total. The van der Waals surface area contributed by atoms with Crippen molar-refractivity contribution in [3.05, 3.63) is 0 Å². The normalized spacial score (nSPS) is 11.6. The summed E-state index contributed by atoms with van der Waals surface area (Å²) in [5.41, 5.74) is 0. The van der Waals surface area contributed by atoms with E-state index >= 15 is 0 Å². The molecule has 0 N–H and O–H groups in total. The first-order chi connectivity index (χ1) is 8.45. The summed E-state index contributed by atoms with van der Waals surface area (Å²) in [7, 11) is -1.24. The molecule has 0 aromatic carbocycles. The Labute approximate surface area is 115 Å². The Hall–Kier alpha value is -0.313. The second-order valence-corrected chi connectivity index (χ2v) is 11.9. The molecular weight excluding hydrogens is 240 g/mol. The summed E-state index contributed by atoms with van der Waals surface area (Å²) in [5.74, 6) is 0.00316. The maximum Gasteiger partial charge on any atom is 0.305 e. The third-order valence-electron chi connectivity index (χ3n) is 2.90. The number of unbranched alkanes of at least 4 members (excludes halogenated alkanes) is 7. The minimum absolute atomic E-state index is 0.00316. The molecule has 0 unspecified atom stereocenters. The standard InChI is InChI=1S/C15H32O2Si/c1-5-6-7-8-9-10-11-12-13-15(16)17-14-18(2,3)4/h5-14H2,1-4H3. The van der Waals surface area contributed by atoms with Gasteiger partial charge in [-0.15, -0.1) is 0 Å². The molecule has 0 rings (SSSR count). The molecule has 0 atom stereocenters. The van der Waals surface area contributed by atoms with Crippen LogP contribution in [0, 0.1) is 0 Å². The molecule has 0 spiro atoms. The van der Waals surface area contributed by atoms with Crippen molar-refractivity contribution in [2.75, 3.05) is 6.23 Å². The number of carbonyl (C=O) groups excluding carboxylic acids is 1. The fourth-order valence-electron chi connectivity index (χ4n) is 1.77. The van der Waals surface area contributed by atoms with Crippen molar-refractivity contribution in [2.24, 2.45) is 0 Å². The smallest absolute Gasteiger partial charge is 0.305 e. The minimum Gasteiger partial charge on any atom is -0.469 e. The Balaban J connectivity index is 3.25. The third-order valence-corrected chi connectivity index (χ3v) is 3.91. The van der Waals surface area contributed by atoms with Crippen LogP contribution in [0.3, 0.4) is 0 Å². The Bertz CT molecular complexity index is 209. The van der Waals surface area contributed by atoms with Gasteiger partial charge < -0.3 is 4.74 Å². The zero-order valence-corrected chi connectivity index (χ0v) is 13.9. The summed E-state index contributed by atoms with van der Waals surface area (Å²) in [6, 6.07) is 0. The van der Waals surface area contributed by atoms with E-state index in [0.29, 0.717) is 12.7 Å². The van der Waals surface area contributed by atoms with Crippen molar-refractivity contribution in [1.82, 2.24) is 0 Å². The molecule has 18 heavy (non-hydrogen) atoms. The van der Waals surface area contributed by atoms with Gasteiger partial charge in [-0.1, -0.05) is 71.5 Å². The Morgan fingerprint density at radius 2 is 1.39 bits per heavy atom. The van der Waals surface area contributed by atoms with Gasteiger partial charge in [-0.2, -0.15) is 0 Å². The van der Waals surface area contributed by atoms with E-state index < -0.39 is 8.07 Å². The van der Waals surface area contributed by atoms with Crippen molar-refractivity contribution in [3.63, 3.8) is 0 Å². The molecule has 0 aromatic heterocycles. The van der Waals surface area contributed by atoms with Crippen LogP contribution >= 0.6 is 0 Å². The maximum absolute atomic E-state index is 11.5. The number of rotatable bonds is 11. The molecule has 0 aliphatic rings. The predicted octanol–water partition coefficient (Wildman–Crippen LogP) is 4.94. The first kappa shape index (κ1) is 17.7. The highest BCUT2D eigenvalue weighted by Crippen LogP contribution is 2.10. The lowest BCUT2D eigenvalue weighted by Crippen LogP contribution is -2.29. The van der Waals surface area contributed by atoms with Crippen LogP contribution in [0.5, 0.6) is 0 Å². The highest BCUT2D eigenvalue weighted by molar-refractivity contribution is 6.76.